The molecule has 1 atom stereocenters. The van der Waals surface area contributed by atoms with Gasteiger partial charge in [-0.1, -0.05) is 12.1 Å². The topological polar surface area (TPSA) is 56.7 Å². The molecular formula is C17H28FIN4OS. The SMILES string of the molecule is CSCCNC(=NCC(=O)N(C)C)NC(C)c1ccc(C)c(F)c1.I. The normalized spacial score (nSPS) is 12.2. The smallest absolute Gasteiger partial charge is 0.243 e. The third-order valence-corrected chi connectivity index (χ3v) is 4.13. The van der Waals surface area contributed by atoms with Crippen molar-refractivity contribution in [1.29, 1.82) is 0 Å². The lowest BCUT2D eigenvalue weighted by atomic mass is 10.1. The molecule has 0 aliphatic heterocycles. The van der Waals surface area contributed by atoms with Gasteiger partial charge in [0.2, 0.25) is 5.91 Å². The summed E-state index contributed by atoms with van der Waals surface area (Å²) in [5.74, 6) is 1.18. The molecule has 1 aromatic carbocycles. The highest BCUT2D eigenvalue weighted by Crippen LogP contribution is 2.16. The lowest BCUT2D eigenvalue weighted by molar-refractivity contribution is -0.127. The molecule has 1 aromatic rings. The molecule has 5 nitrogen and oxygen atoms in total. The quantitative estimate of drug-likeness (QED) is 0.272. The van der Waals surface area contributed by atoms with Crippen molar-refractivity contribution in [3.8, 4) is 0 Å². The Bertz CT molecular complexity index is 584. The van der Waals surface area contributed by atoms with Gasteiger partial charge in [0.25, 0.3) is 0 Å². The third-order valence-electron chi connectivity index (χ3n) is 3.52. The lowest BCUT2D eigenvalue weighted by Crippen LogP contribution is -2.40. The monoisotopic (exact) mass is 482 g/mol. The fourth-order valence-corrected chi connectivity index (χ4v) is 2.19. The van der Waals surface area contributed by atoms with E-state index in [1.54, 1.807) is 38.8 Å². The number of guanidine groups is 1. The van der Waals surface area contributed by atoms with Crippen LogP contribution in [0.3, 0.4) is 0 Å². The molecule has 0 aliphatic carbocycles. The van der Waals surface area contributed by atoms with Crippen LogP contribution in [0, 0.1) is 12.7 Å². The van der Waals surface area contributed by atoms with E-state index in [0.29, 0.717) is 11.5 Å². The number of aliphatic imine (C=N–C) groups is 1. The van der Waals surface area contributed by atoms with Crippen LogP contribution in [0.2, 0.25) is 0 Å². The summed E-state index contributed by atoms with van der Waals surface area (Å²) < 4.78 is 13.7. The fraction of sp³-hybridized carbons (Fsp3) is 0.529. The number of hydrogen-bond acceptors (Lipinski definition) is 3. The summed E-state index contributed by atoms with van der Waals surface area (Å²) in [7, 11) is 3.40. The van der Waals surface area contributed by atoms with E-state index in [-0.39, 0.29) is 48.3 Å². The molecule has 1 unspecified atom stereocenters. The van der Waals surface area contributed by atoms with Crippen LogP contribution in [0.25, 0.3) is 0 Å². The first-order chi connectivity index (χ1) is 11.3. The number of nitrogens with one attached hydrogen (secondary N) is 2. The molecular weight excluding hydrogens is 454 g/mol. The zero-order valence-corrected chi connectivity index (χ0v) is 18.6. The number of amides is 1. The fourth-order valence-electron chi connectivity index (χ4n) is 1.88. The van der Waals surface area contributed by atoms with Gasteiger partial charge in [-0.3, -0.25) is 4.79 Å². The maximum absolute atomic E-state index is 13.7. The predicted molar refractivity (Wildman–Crippen MR) is 115 cm³/mol. The molecule has 0 radical (unpaired) electrons. The number of likely N-dealkylation sites (N-methyl/N-ethyl adjacent to an activating group) is 1. The zero-order chi connectivity index (χ0) is 18.1. The first-order valence-electron chi connectivity index (χ1n) is 7.85. The highest BCUT2D eigenvalue weighted by atomic mass is 127. The second kappa shape index (κ2) is 12.3. The highest BCUT2D eigenvalue weighted by molar-refractivity contribution is 14.0. The highest BCUT2D eigenvalue weighted by Gasteiger charge is 2.11. The zero-order valence-electron chi connectivity index (χ0n) is 15.4. The molecule has 0 saturated carbocycles. The molecule has 8 heteroatoms. The van der Waals surface area contributed by atoms with E-state index in [9.17, 15) is 9.18 Å². The van der Waals surface area contributed by atoms with Crippen LogP contribution in [0.4, 0.5) is 4.39 Å². The summed E-state index contributed by atoms with van der Waals surface area (Å²) in [5.41, 5.74) is 1.45. The van der Waals surface area contributed by atoms with Crippen LogP contribution in [-0.4, -0.2) is 56.0 Å². The Hall–Kier alpha value is -1.03. The number of carbonyl (C=O) groups is 1. The van der Waals surface area contributed by atoms with Gasteiger partial charge >= 0.3 is 0 Å². The van der Waals surface area contributed by atoms with Gasteiger partial charge in [0.15, 0.2) is 5.96 Å². The van der Waals surface area contributed by atoms with Crippen LogP contribution >= 0.6 is 35.7 Å². The van der Waals surface area contributed by atoms with E-state index in [2.05, 4.69) is 15.6 Å². The molecule has 142 valence electrons. The molecule has 25 heavy (non-hydrogen) atoms. The molecule has 0 saturated heterocycles. The number of thioether (sulfide) groups is 1. The maximum atomic E-state index is 13.7. The predicted octanol–water partition coefficient (Wildman–Crippen LogP) is 2.80. The van der Waals surface area contributed by atoms with Gasteiger partial charge in [-0.25, -0.2) is 9.38 Å². The van der Waals surface area contributed by atoms with E-state index in [1.807, 2.05) is 19.2 Å². The molecule has 0 fully saturated rings. The van der Waals surface area contributed by atoms with E-state index < -0.39 is 0 Å². The van der Waals surface area contributed by atoms with Gasteiger partial charge in [0.1, 0.15) is 12.4 Å². The first kappa shape index (κ1) is 24.0. The number of carbonyl (C=O) groups excluding carboxylic acids is 1. The van der Waals surface area contributed by atoms with Gasteiger partial charge in [-0.2, -0.15) is 11.8 Å². The second-order valence-corrected chi connectivity index (χ2v) is 6.73. The molecule has 0 bridgehead atoms. The summed E-state index contributed by atoms with van der Waals surface area (Å²) in [4.78, 5) is 17.5. The van der Waals surface area contributed by atoms with Crippen LogP contribution in [0.15, 0.2) is 23.2 Å². The molecule has 1 amide bonds. The minimum Gasteiger partial charge on any atom is -0.356 e. The van der Waals surface area contributed by atoms with E-state index >= 15 is 0 Å². The lowest BCUT2D eigenvalue weighted by Gasteiger charge is -2.19. The van der Waals surface area contributed by atoms with Crippen LogP contribution in [0.1, 0.15) is 24.1 Å². The number of nitrogens with zero attached hydrogens (tertiary/aromatic N) is 2. The van der Waals surface area contributed by atoms with Gasteiger partial charge in [0.05, 0.1) is 6.04 Å². The largest absolute Gasteiger partial charge is 0.356 e. The average Bonchev–Trinajstić information content (AvgIpc) is 2.54. The van der Waals surface area contributed by atoms with Gasteiger partial charge in [-0.15, -0.1) is 24.0 Å². The number of rotatable bonds is 7. The Morgan fingerprint density at radius 2 is 2.08 bits per heavy atom. The Morgan fingerprint density at radius 1 is 1.40 bits per heavy atom. The number of halogens is 2. The summed E-state index contributed by atoms with van der Waals surface area (Å²) in [5, 5.41) is 6.42. The van der Waals surface area contributed by atoms with E-state index in [4.69, 9.17) is 0 Å². The first-order valence-corrected chi connectivity index (χ1v) is 9.24. The molecule has 0 aliphatic rings. The summed E-state index contributed by atoms with van der Waals surface area (Å²) in [6, 6.07) is 5.05. The van der Waals surface area contributed by atoms with Crippen LogP contribution in [0.5, 0.6) is 0 Å². The van der Waals surface area contributed by atoms with Crippen molar-refractivity contribution < 1.29 is 9.18 Å². The van der Waals surface area contributed by atoms with Crippen molar-refractivity contribution in [2.45, 2.75) is 19.9 Å². The standard InChI is InChI=1S/C17H27FN4OS.HI/c1-12-6-7-14(10-15(12)18)13(2)21-17(19-8-9-24-5)20-11-16(23)22(3)4;/h6-7,10,13H,8-9,11H2,1-5H3,(H2,19,20,21);1H. The number of aryl methyl sites for hydroxylation is 1. The Kier molecular flexibility index (Phi) is 11.8. The molecule has 1 rings (SSSR count). The van der Waals surface area contributed by atoms with Crippen LogP contribution in [-0.2, 0) is 4.79 Å². The summed E-state index contributed by atoms with van der Waals surface area (Å²) >= 11 is 1.72. The average molecular weight is 482 g/mol. The molecule has 0 spiro atoms. The Balaban J connectivity index is 0.00000576. The van der Waals surface area contributed by atoms with Crippen molar-refractivity contribution in [2.75, 3.05) is 39.2 Å². The minimum atomic E-state index is -0.224. The summed E-state index contributed by atoms with van der Waals surface area (Å²) in [6.07, 6.45) is 2.03. The van der Waals surface area contributed by atoms with Crippen LogP contribution < -0.4 is 10.6 Å². The van der Waals surface area contributed by atoms with Crippen molar-refractivity contribution in [2.24, 2.45) is 4.99 Å². The van der Waals surface area contributed by atoms with Gasteiger partial charge in [0, 0.05) is 26.4 Å². The molecule has 2 N–H and O–H groups in total. The third kappa shape index (κ3) is 8.75. The number of benzene rings is 1. The summed E-state index contributed by atoms with van der Waals surface area (Å²) in [6.45, 7) is 4.47. The van der Waals surface area contributed by atoms with Gasteiger partial charge < -0.3 is 15.5 Å². The minimum absolute atomic E-state index is 0. The van der Waals surface area contributed by atoms with Crippen molar-refractivity contribution in [1.82, 2.24) is 15.5 Å². The van der Waals surface area contributed by atoms with Crippen molar-refractivity contribution in [3.05, 3.63) is 35.1 Å². The van der Waals surface area contributed by atoms with Crippen molar-refractivity contribution >= 4 is 47.6 Å². The number of hydrogen-bond donors (Lipinski definition) is 2. The molecule has 0 heterocycles. The molecule has 0 aromatic heterocycles. The van der Waals surface area contributed by atoms with E-state index in [1.165, 1.54) is 11.0 Å². The maximum Gasteiger partial charge on any atom is 0.243 e. The van der Waals surface area contributed by atoms with Crippen molar-refractivity contribution in [3.63, 3.8) is 0 Å². The van der Waals surface area contributed by atoms with E-state index in [0.717, 1.165) is 17.9 Å². The second-order valence-electron chi connectivity index (χ2n) is 5.75. The Labute approximate surface area is 171 Å². The van der Waals surface area contributed by atoms with Gasteiger partial charge in [-0.05, 0) is 37.3 Å². The Morgan fingerprint density at radius 3 is 2.64 bits per heavy atom.